The van der Waals surface area contributed by atoms with E-state index in [9.17, 15) is 4.79 Å². The molecule has 5 rings (SSSR count). The van der Waals surface area contributed by atoms with Crippen LogP contribution in [0, 0.1) is 0 Å². The molecule has 0 N–H and O–H groups in total. The van der Waals surface area contributed by atoms with Crippen molar-refractivity contribution in [2.75, 3.05) is 19.8 Å². The van der Waals surface area contributed by atoms with Crippen LogP contribution in [0.5, 0.6) is 0 Å². The number of rotatable bonds is 4. The molecule has 1 atom stereocenters. The maximum absolute atomic E-state index is 13.2. The number of benzene rings is 1. The predicted molar refractivity (Wildman–Crippen MR) is 103 cm³/mol. The monoisotopic (exact) mass is 389 g/mol. The molecule has 0 radical (unpaired) electrons. The molecule has 1 unspecified atom stereocenters. The summed E-state index contributed by atoms with van der Waals surface area (Å²) < 4.78 is 9.14. The number of hydrogen-bond donors (Lipinski definition) is 0. The van der Waals surface area contributed by atoms with Crippen molar-refractivity contribution in [3.8, 4) is 0 Å². The van der Waals surface area contributed by atoms with Gasteiger partial charge in [0, 0.05) is 12.7 Å². The van der Waals surface area contributed by atoms with Gasteiger partial charge in [-0.05, 0) is 17.7 Å². The molecule has 1 amide bonds. The lowest BCUT2D eigenvalue weighted by Gasteiger charge is -2.34. The molecule has 9 heteroatoms. The summed E-state index contributed by atoms with van der Waals surface area (Å²) in [6.45, 7) is 1.97. The van der Waals surface area contributed by atoms with Crippen molar-refractivity contribution in [1.82, 2.24) is 34.3 Å². The highest BCUT2D eigenvalue weighted by molar-refractivity contribution is 5.94. The fourth-order valence-electron chi connectivity index (χ4n) is 3.49. The number of hydrogen-bond acceptors (Lipinski definition) is 6. The first-order valence-electron chi connectivity index (χ1n) is 9.39. The van der Waals surface area contributed by atoms with Crippen LogP contribution in [0.3, 0.4) is 0 Å². The summed E-state index contributed by atoms with van der Waals surface area (Å²) in [7, 11) is 0. The van der Waals surface area contributed by atoms with Crippen LogP contribution in [-0.4, -0.2) is 59.9 Å². The third-order valence-corrected chi connectivity index (χ3v) is 4.97. The normalized spacial score (nSPS) is 17.0. The van der Waals surface area contributed by atoms with Crippen molar-refractivity contribution in [3.63, 3.8) is 0 Å². The van der Waals surface area contributed by atoms with Crippen LogP contribution < -0.4 is 0 Å². The summed E-state index contributed by atoms with van der Waals surface area (Å²) in [4.78, 5) is 19.4. The topological polar surface area (TPSA) is 90.4 Å². The van der Waals surface area contributed by atoms with Gasteiger partial charge in [0.15, 0.2) is 11.5 Å². The summed E-state index contributed by atoms with van der Waals surface area (Å²) in [5, 5.41) is 12.4. The Bertz CT molecular complexity index is 1140. The molecule has 1 aliphatic rings. The van der Waals surface area contributed by atoms with Crippen LogP contribution in [0.2, 0.25) is 0 Å². The van der Waals surface area contributed by atoms with Crippen LogP contribution in [0.4, 0.5) is 0 Å². The van der Waals surface area contributed by atoms with Gasteiger partial charge in [0.05, 0.1) is 25.3 Å². The molecule has 4 heterocycles. The number of ether oxygens (including phenoxy) is 1. The quantitative estimate of drug-likeness (QED) is 0.526. The van der Waals surface area contributed by atoms with Gasteiger partial charge in [0.2, 0.25) is 0 Å². The van der Waals surface area contributed by atoms with E-state index in [1.54, 1.807) is 45.0 Å². The smallest absolute Gasteiger partial charge is 0.256 e. The molecule has 9 nitrogen and oxygen atoms in total. The minimum atomic E-state index is -0.329. The van der Waals surface area contributed by atoms with Crippen LogP contribution in [0.25, 0.3) is 5.65 Å². The Morgan fingerprint density at radius 2 is 2.03 bits per heavy atom. The van der Waals surface area contributed by atoms with E-state index in [2.05, 4.69) is 20.3 Å². The fraction of sp³-hybridized carbons (Fsp3) is 0.250. The van der Waals surface area contributed by atoms with Crippen molar-refractivity contribution < 1.29 is 9.53 Å². The van der Waals surface area contributed by atoms with E-state index in [-0.39, 0.29) is 11.9 Å². The first kappa shape index (κ1) is 17.5. The molecule has 0 saturated carbocycles. The van der Waals surface area contributed by atoms with E-state index in [4.69, 9.17) is 4.74 Å². The van der Waals surface area contributed by atoms with E-state index in [0.717, 1.165) is 5.56 Å². The minimum Gasteiger partial charge on any atom is -0.377 e. The number of aromatic nitrogens is 6. The summed E-state index contributed by atoms with van der Waals surface area (Å²) in [5.41, 5.74) is 2.40. The fourth-order valence-corrected chi connectivity index (χ4v) is 3.49. The maximum atomic E-state index is 13.2. The Balaban J connectivity index is 1.39. The maximum Gasteiger partial charge on any atom is 0.256 e. The first-order chi connectivity index (χ1) is 14.3. The second-order valence-corrected chi connectivity index (χ2v) is 6.89. The zero-order valence-corrected chi connectivity index (χ0v) is 15.6. The SMILES string of the molecule is O=C(c1ccc2nncn2c1)N1CCOCC1c1ncn(Cc2ccccc2)n1. The van der Waals surface area contributed by atoms with Gasteiger partial charge < -0.3 is 9.64 Å². The largest absolute Gasteiger partial charge is 0.377 e. The summed E-state index contributed by atoms with van der Waals surface area (Å²) in [6, 6.07) is 13.3. The van der Waals surface area contributed by atoms with Gasteiger partial charge in [-0.15, -0.1) is 10.2 Å². The van der Waals surface area contributed by atoms with Gasteiger partial charge in [-0.1, -0.05) is 30.3 Å². The number of morpholine rings is 1. The molecule has 1 aliphatic heterocycles. The van der Waals surface area contributed by atoms with Crippen molar-refractivity contribution in [2.24, 2.45) is 0 Å². The lowest BCUT2D eigenvalue weighted by atomic mass is 10.1. The minimum absolute atomic E-state index is 0.0895. The van der Waals surface area contributed by atoms with Crippen molar-refractivity contribution in [3.05, 3.63) is 78.3 Å². The van der Waals surface area contributed by atoms with Crippen molar-refractivity contribution in [2.45, 2.75) is 12.6 Å². The number of carbonyl (C=O) groups is 1. The van der Waals surface area contributed by atoms with Crippen molar-refractivity contribution >= 4 is 11.6 Å². The second-order valence-electron chi connectivity index (χ2n) is 6.89. The molecule has 1 saturated heterocycles. The van der Waals surface area contributed by atoms with E-state index in [1.165, 1.54) is 0 Å². The molecule has 1 aromatic carbocycles. The molecule has 146 valence electrons. The summed E-state index contributed by atoms with van der Waals surface area (Å²) in [6.07, 6.45) is 5.02. The van der Waals surface area contributed by atoms with E-state index in [0.29, 0.717) is 43.3 Å². The lowest BCUT2D eigenvalue weighted by molar-refractivity contribution is -0.00527. The van der Waals surface area contributed by atoms with Crippen LogP contribution in [-0.2, 0) is 11.3 Å². The molecule has 4 aromatic rings. The number of carbonyl (C=O) groups excluding carboxylic acids is 1. The molecule has 29 heavy (non-hydrogen) atoms. The molecule has 0 aliphatic carbocycles. The number of amides is 1. The summed E-state index contributed by atoms with van der Waals surface area (Å²) >= 11 is 0. The van der Waals surface area contributed by atoms with Gasteiger partial charge in [0.25, 0.3) is 5.91 Å². The molecular weight excluding hydrogens is 370 g/mol. The van der Waals surface area contributed by atoms with Crippen LogP contribution in [0.15, 0.2) is 61.3 Å². The Morgan fingerprint density at radius 1 is 1.14 bits per heavy atom. The van der Waals surface area contributed by atoms with Gasteiger partial charge in [-0.25, -0.2) is 9.67 Å². The molecule has 0 spiro atoms. The highest BCUT2D eigenvalue weighted by Crippen LogP contribution is 2.23. The highest BCUT2D eigenvalue weighted by atomic mass is 16.5. The average molecular weight is 389 g/mol. The Hall–Kier alpha value is -3.59. The Morgan fingerprint density at radius 3 is 2.93 bits per heavy atom. The predicted octanol–water partition coefficient (Wildman–Crippen LogP) is 1.58. The molecule has 3 aromatic heterocycles. The average Bonchev–Trinajstić information content (AvgIpc) is 3.43. The van der Waals surface area contributed by atoms with Gasteiger partial charge in [-0.3, -0.25) is 9.20 Å². The highest BCUT2D eigenvalue weighted by Gasteiger charge is 2.32. The number of fused-ring (bicyclic) bond motifs is 1. The molecule has 1 fully saturated rings. The first-order valence-corrected chi connectivity index (χ1v) is 9.39. The van der Waals surface area contributed by atoms with Gasteiger partial charge in [0.1, 0.15) is 18.7 Å². The zero-order chi connectivity index (χ0) is 19.6. The van der Waals surface area contributed by atoms with Gasteiger partial charge in [-0.2, -0.15) is 5.10 Å². The molecule has 0 bridgehead atoms. The second kappa shape index (κ2) is 7.44. The van der Waals surface area contributed by atoms with Crippen LogP contribution >= 0.6 is 0 Å². The standard InChI is InChI=1S/C20H19N7O2/c28-20(16-6-7-18-23-22-14-25(18)11-16)27-8-9-29-12-17(27)19-21-13-26(24-19)10-15-4-2-1-3-5-15/h1-7,11,13-14,17H,8-10,12H2. The molecular formula is C20H19N7O2. The zero-order valence-electron chi connectivity index (χ0n) is 15.6. The van der Waals surface area contributed by atoms with Crippen LogP contribution in [0.1, 0.15) is 27.8 Å². The Kier molecular flexibility index (Phi) is 4.49. The Labute approximate surface area is 166 Å². The number of pyridine rings is 1. The van der Waals surface area contributed by atoms with E-state index < -0.39 is 0 Å². The third-order valence-electron chi connectivity index (χ3n) is 4.97. The van der Waals surface area contributed by atoms with E-state index >= 15 is 0 Å². The van der Waals surface area contributed by atoms with Gasteiger partial charge >= 0.3 is 0 Å². The third kappa shape index (κ3) is 3.47. The lowest BCUT2D eigenvalue weighted by Crippen LogP contribution is -2.44. The summed E-state index contributed by atoms with van der Waals surface area (Å²) in [5.74, 6) is 0.493. The number of nitrogens with zero attached hydrogens (tertiary/aromatic N) is 7. The van der Waals surface area contributed by atoms with E-state index in [1.807, 2.05) is 30.3 Å². The van der Waals surface area contributed by atoms with Crippen molar-refractivity contribution in [1.29, 1.82) is 0 Å².